The molecule has 1 aromatic rings. The van der Waals surface area contributed by atoms with Crippen LogP contribution in [0.1, 0.15) is 0 Å². The van der Waals surface area contributed by atoms with Crippen molar-refractivity contribution >= 4 is 34.2 Å². The normalized spacial score (nSPS) is 9.00. The van der Waals surface area contributed by atoms with Crippen molar-refractivity contribution in [2.75, 3.05) is 0 Å². The zero-order valence-electron chi connectivity index (χ0n) is 4.41. The summed E-state index contributed by atoms with van der Waals surface area (Å²) < 4.78 is 4.33. The summed E-state index contributed by atoms with van der Waals surface area (Å²) in [5, 5.41) is 0. The van der Waals surface area contributed by atoms with Gasteiger partial charge < -0.3 is 0 Å². The van der Waals surface area contributed by atoms with Crippen LogP contribution in [0.5, 0.6) is 0 Å². The summed E-state index contributed by atoms with van der Waals surface area (Å²) >= 11 is 7.67. The van der Waals surface area contributed by atoms with Gasteiger partial charge in [-0.2, -0.15) is 4.36 Å². The van der Waals surface area contributed by atoms with E-state index in [9.17, 15) is 0 Å². The number of rotatable bonds is 1. The molecule has 0 radical (unpaired) electrons. The molecule has 4 heteroatoms. The number of hydrogen-bond acceptors (Lipinski definition) is 3. The molecule has 0 atom stereocenters. The molecule has 1 aromatic heterocycles. The summed E-state index contributed by atoms with van der Waals surface area (Å²) in [5.74, 6) is 0.563. The minimum absolute atomic E-state index is 0.563. The highest BCUT2D eigenvalue weighted by Crippen LogP contribution is 2.20. The van der Waals surface area contributed by atoms with Crippen LogP contribution in [0.2, 0.25) is 0 Å². The monoisotopic (exact) mass is 202 g/mol. The molecule has 0 N–H and O–H groups in total. The third-order valence-electron chi connectivity index (χ3n) is 0.826. The van der Waals surface area contributed by atoms with Crippen LogP contribution in [-0.4, -0.2) is 4.98 Å². The second-order valence-corrected chi connectivity index (χ2v) is 2.44. The van der Waals surface area contributed by atoms with E-state index in [4.69, 9.17) is 0 Å². The van der Waals surface area contributed by atoms with Crippen LogP contribution in [-0.2, 0) is 12.4 Å². The maximum absolute atomic E-state index is 4.44. The highest BCUT2D eigenvalue weighted by Gasteiger charge is 1.93. The van der Waals surface area contributed by atoms with Crippen molar-refractivity contribution < 1.29 is 0 Å². The molecule has 0 saturated heterocycles. The fraction of sp³-hybridized carbons (Fsp3) is 0. The molecule has 1 heterocycles. The van der Waals surface area contributed by atoms with Gasteiger partial charge in [0.1, 0.15) is 0 Å². The Morgan fingerprint density at radius 3 is 2.89 bits per heavy atom. The Morgan fingerprint density at radius 2 is 2.44 bits per heavy atom. The fourth-order valence-electron chi connectivity index (χ4n) is 0.445. The van der Waals surface area contributed by atoms with Crippen molar-refractivity contribution in [2.24, 2.45) is 4.36 Å². The minimum Gasteiger partial charge on any atom is -0.235 e. The SMILES string of the molecule is S=Nc1ncccc1Br. The van der Waals surface area contributed by atoms with Crippen LogP contribution in [0.25, 0.3) is 0 Å². The van der Waals surface area contributed by atoms with Crippen LogP contribution in [0.15, 0.2) is 27.2 Å². The van der Waals surface area contributed by atoms with Crippen LogP contribution in [0.3, 0.4) is 0 Å². The van der Waals surface area contributed by atoms with Gasteiger partial charge in [0.15, 0.2) is 5.82 Å². The van der Waals surface area contributed by atoms with E-state index in [1.165, 1.54) is 0 Å². The largest absolute Gasteiger partial charge is 0.235 e. The number of aromatic nitrogens is 1. The number of nitrogens with zero attached hydrogens (tertiary/aromatic N) is 2. The predicted molar refractivity (Wildman–Crippen MR) is 41.4 cm³/mol. The molecule has 0 bridgehead atoms. The van der Waals surface area contributed by atoms with Gasteiger partial charge in [0.05, 0.1) is 4.47 Å². The van der Waals surface area contributed by atoms with E-state index in [-0.39, 0.29) is 0 Å². The first-order chi connectivity index (χ1) is 4.34. The Labute approximate surface area is 66.6 Å². The van der Waals surface area contributed by atoms with Gasteiger partial charge in [-0.3, -0.25) is 0 Å². The standard InChI is InChI=1S/C5H3BrN2S/c6-4-2-1-3-7-5(4)8-9/h1-3H. The lowest BCUT2D eigenvalue weighted by atomic mass is 10.5. The average Bonchev–Trinajstić information content (AvgIpc) is 1.89. The van der Waals surface area contributed by atoms with E-state index in [1.807, 2.05) is 12.1 Å². The lowest BCUT2D eigenvalue weighted by Crippen LogP contribution is -1.71. The molecular weight excluding hydrogens is 200 g/mol. The molecule has 0 aromatic carbocycles. The Kier molecular flexibility index (Phi) is 2.24. The summed E-state index contributed by atoms with van der Waals surface area (Å²) in [6, 6.07) is 3.66. The summed E-state index contributed by atoms with van der Waals surface area (Å²) in [6.07, 6.45) is 1.65. The molecule has 0 fully saturated rings. The average molecular weight is 203 g/mol. The molecule has 0 amide bonds. The Hall–Kier alpha value is -0.350. The molecule has 9 heavy (non-hydrogen) atoms. The molecule has 0 spiro atoms. The molecule has 1 rings (SSSR count). The van der Waals surface area contributed by atoms with Crippen molar-refractivity contribution in [3.63, 3.8) is 0 Å². The Balaban J connectivity index is 3.15. The summed E-state index contributed by atoms with van der Waals surface area (Å²) in [6.45, 7) is 0. The first-order valence-corrected chi connectivity index (χ1v) is 3.44. The molecule has 0 aliphatic rings. The number of hydrogen-bond donors (Lipinski definition) is 0. The molecule has 2 nitrogen and oxygen atoms in total. The fourth-order valence-corrected chi connectivity index (χ4v) is 1.05. The van der Waals surface area contributed by atoms with E-state index in [1.54, 1.807) is 6.20 Å². The van der Waals surface area contributed by atoms with Gasteiger partial charge >= 0.3 is 0 Å². The summed E-state index contributed by atoms with van der Waals surface area (Å²) in [4.78, 5) is 3.88. The third kappa shape index (κ3) is 1.53. The van der Waals surface area contributed by atoms with E-state index < -0.39 is 0 Å². The van der Waals surface area contributed by atoms with Gasteiger partial charge in [0, 0.05) is 18.6 Å². The molecule has 46 valence electrons. The molecule has 0 aliphatic carbocycles. The highest BCUT2D eigenvalue weighted by atomic mass is 79.9. The molecular formula is C5H3BrN2S. The lowest BCUT2D eigenvalue weighted by Gasteiger charge is -1.89. The van der Waals surface area contributed by atoms with Gasteiger partial charge in [-0.05, 0) is 28.1 Å². The van der Waals surface area contributed by atoms with Gasteiger partial charge in [-0.1, -0.05) is 0 Å². The van der Waals surface area contributed by atoms with Gasteiger partial charge in [0.25, 0.3) is 0 Å². The highest BCUT2D eigenvalue weighted by molar-refractivity contribution is 9.10. The second-order valence-electron chi connectivity index (χ2n) is 1.40. The van der Waals surface area contributed by atoms with Crippen molar-refractivity contribution in [1.29, 1.82) is 0 Å². The Morgan fingerprint density at radius 1 is 1.67 bits per heavy atom. The van der Waals surface area contributed by atoms with Gasteiger partial charge in [-0.15, -0.1) is 0 Å². The number of halogens is 1. The third-order valence-corrected chi connectivity index (χ3v) is 1.62. The van der Waals surface area contributed by atoms with E-state index in [2.05, 4.69) is 37.7 Å². The molecule has 0 saturated carbocycles. The quantitative estimate of drug-likeness (QED) is 0.698. The van der Waals surface area contributed by atoms with Crippen LogP contribution in [0.4, 0.5) is 5.82 Å². The van der Waals surface area contributed by atoms with Crippen molar-refractivity contribution in [2.45, 2.75) is 0 Å². The van der Waals surface area contributed by atoms with E-state index in [0.717, 1.165) is 4.47 Å². The van der Waals surface area contributed by atoms with Crippen LogP contribution >= 0.6 is 15.9 Å². The van der Waals surface area contributed by atoms with Gasteiger partial charge in [-0.25, -0.2) is 4.98 Å². The van der Waals surface area contributed by atoms with Crippen molar-refractivity contribution in [3.8, 4) is 0 Å². The number of pyridine rings is 1. The van der Waals surface area contributed by atoms with Crippen molar-refractivity contribution in [3.05, 3.63) is 22.8 Å². The maximum Gasteiger partial charge on any atom is 0.179 e. The zero-order chi connectivity index (χ0) is 6.69. The first kappa shape index (κ1) is 6.77. The smallest absolute Gasteiger partial charge is 0.179 e. The molecule has 0 aliphatic heterocycles. The Bertz CT molecular complexity index is 226. The topological polar surface area (TPSA) is 25.2 Å². The maximum atomic E-state index is 4.44. The van der Waals surface area contributed by atoms with Gasteiger partial charge in [0.2, 0.25) is 0 Å². The minimum atomic E-state index is 0.563. The van der Waals surface area contributed by atoms with Crippen LogP contribution in [0, 0.1) is 0 Å². The van der Waals surface area contributed by atoms with Crippen molar-refractivity contribution in [1.82, 2.24) is 4.98 Å². The molecule has 0 unspecified atom stereocenters. The lowest BCUT2D eigenvalue weighted by molar-refractivity contribution is 1.27. The van der Waals surface area contributed by atoms with E-state index in [0.29, 0.717) is 5.82 Å². The zero-order valence-corrected chi connectivity index (χ0v) is 6.82. The summed E-state index contributed by atoms with van der Waals surface area (Å²) in [5.41, 5.74) is 0. The first-order valence-electron chi connectivity index (χ1n) is 2.28. The van der Waals surface area contributed by atoms with E-state index >= 15 is 0 Å². The van der Waals surface area contributed by atoms with Crippen LogP contribution < -0.4 is 0 Å². The second kappa shape index (κ2) is 2.98. The predicted octanol–water partition coefficient (Wildman–Crippen LogP) is 2.21. The summed E-state index contributed by atoms with van der Waals surface area (Å²) in [7, 11) is 0.